The first kappa shape index (κ1) is 16.2. The maximum Gasteiger partial charge on any atom is 0.220 e. The van der Waals surface area contributed by atoms with E-state index in [9.17, 15) is 4.79 Å². The lowest BCUT2D eigenvalue weighted by Crippen LogP contribution is -2.32. The monoisotopic (exact) mass is 321 g/mol. The van der Waals surface area contributed by atoms with Gasteiger partial charge < -0.3 is 10.3 Å². The van der Waals surface area contributed by atoms with E-state index in [1.807, 2.05) is 54.6 Å². The highest BCUT2D eigenvalue weighted by Crippen LogP contribution is 2.22. The molecule has 0 aliphatic carbocycles. The molecule has 1 aromatic heterocycles. The van der Waals surface area contributed by atoms with E-state index in [4.69, 9.17) is 0 Å². The molecule has 124 valence electrons. The number of aromatic nitrogens is 2. The third kappa shape index (κ3) is 3.82. The van der Waals surface area contributed by atoms with Gasteiger partial charge in [-0.05, 0) is 30.0 Å². The van der Waals surface area contributed by atoms with E-state index in [0.29, 0.717) is 6.42 Å². The number of hydrogen-bond donors (Lipinski definition) is 2. The number of benzene rings is 2. The summed E-state index contributed by atoms with van der Waals surface area (Å²) in [7, 11) is 0. The Morgan fingerprint density at radius 2 is 1.79 bits per heavy atom. The Kier molecular flexibility index (Phi) is 4.94. The molecule has 0 fully saturated rings. The van der Waals surface area contributed by atoms with Crippen LogP contribution in [0.5, 0.6) is 0 Å². The van der Waals surface area contributed by atoms with Crippen LogP contribution < -0.4 is 5.32 Å². The number of rotatable bonds is 6. The van der Waals surface area contributed by atoms with Crippen LogP contribution in [0.2, 0.25) is 0 Å². The van der Waals surface area contributed by atoms with Crippen molar-refractivity contribution in [3.8, 4) is 0 Å². The minimum absolute atomic E-state index is 0.0537. The van der Waals surface area contributed by atoms with Gasteiger partial charge in [0.05, 0.1) is 17.1 Å². The van der Waals surface area contributed by atoms with Gasteiger partial charge in [-0.2, -0.15) is 0 Å². The van der Waals surface area contributed by atoms with E-state index in [1.54, 1.807) is 0 Å². The summed E-state index contributed by atoms with van der Waals surface area (Å²) in [6, 6.07) is 17.9. The van der Waals surface area contributed by atoms with Crippen molar-refractivity contribution in [3.05, 3.63) is 66.0 Å². The number of hydrogen-bond acceptors (Lipinski definition) is 2. The minimum atomic E-state index is -0.110. The molecule has 1 atom stereocenters. The molecule has 3 rings (SSSR count). The molecule has 3 aromatic rings. The molecule has 4 nitrogen and oxygen atoms in total. The average Bonchev–Trinajstić information content (AvgIpc) is 3.02. The predicted molar refractivity (Wildman–Crippen MR) is 96.6 cm³/mol. The fourth-order valence-corrected chi connectivity index (χ4v) is 2.82. The number of nitrogens with one attached hydrogen (secondary N) is 2. The second-order valence-electron chi connectivity index (χ2n) is 6.41. The van der Waals surface area contributed by atoms with E-state index in [0.717, 1.165) is 23.3 Å². The summed E-state index contributed by atoms with van der Waals surface area (Å²) in [6.45, 7) is 4.19. The lowest BCUT2D eigenvalue weighted by atomic mass is 10.0. The second kappa shape index (κ2) is 7.30. The van der Waals surface area contributed by atoms with Crippen molar-refractivity contribution in [2.75, 3.05) is 0 Å². The number of para-hydroxylation sites is 2. The molecule has 2 aromatic carbocycles. The summed E-state index contributed by atoms with van der Waals surface area (Å²) in [4.78, 5) is 20.3. The van der Waals surface area contributed by atoms with Crippen LogP contribution in [0.25, 0.3) is 11.0 Å². The number of aryl methyl sites for hydroxylation is 1. The molecule has 0 saturated heterocycles. The van der Waals surface area contributed by atoms with Crippen LogP contribution in [0.15, 0.2) is 54.6 Å². The van der Waals surface area contributed by atoms with Gasteiger partial charge in [-0.15, -0.1) is 0 Å². The maximum atomic E-state index is 12.4. The SMILES string of the molecule is CC(C)C(NC(=O)CCc1ccccc1)c1nc2ccccc2[nH]1. The van der Waals surface area contributed by atoms with Gasteiger partial charge in [0, 0.05) is 6.42 Å². The number of aromatic amines is 1. The summed E-state index contributed by atoms with van der Waals surface area (Å²) < 4.78 is 0. The fourth-order valence-electron chi connectivity index (χ4n) is 2.82. The number of nitrogens with zero attached hydrogens (tertiary/aromatic N) is 1. The highest BCUT2D eigenvalue weighted by atomic mass is 16.1. The number of H-pyrrole nitrogens is 1. The zero-order valence-corrected chi connectivity index (χ0v) is 14.1. The first-order valence-electron chi connectivity index (χ1n) is 8.41. The van der Waals surface area contributed by atoms with Gasteiger partial charge in [-0.1, -0.05) is 56.3 Å². The maximum absolute atomic E-state index is 12.4. The molecular formula is C20H23N3O. The summed E-state index contributed by atoms with van der Waals surface area (Å²) in [5.74, 6) is 1.13. The highest BCUT2D eigenvalue weighted by molar-refractivity contribution is 5.77. The van der Waals surface area contributed by atoms with Crippen LogP contribution in [-0.2, 0) is 11.2 Å². The van der Waals surface area contributed by atoms with Crippen LogP contribution in [0.1, 0.15) is 37.7 Å². The molecule has 1 heterocycles. The first-order chi connectivity index (χ1) is 11.6. The van der Waals surface area contributed by atoms with E-state index in [-0.39, 0.29) is 17.9 Å². The van der Waals surface area contributed by atoms with Crippen molar-refractivity contribution in [1.29, 1.82) is 0 Å². The number of amides is 1. The lowest BCUT2D eigenvalue weighted by molar-refractivity contribution is -0.122. The van der Waals surface area contributed by atoms with Gasteiger partial charge in [0.25, 0.3) is 0 Å². The van der Waals surface area contributed by atoms with Crippen molar-refractivity contribution in [2.45, 2.75) is 32.7 Å². The van der Waals surface area contributed by atoms with Gasteiger partial charge in [-0.25, -0.2) is 4.98 Å². The Labute approximate surface area is 142 Å². The highest BCUT2D eigenvalue weighted by Gasteiger charge is 2.21. The van der Waals surface area contributed by atoms with Crippen LogP contribution in [0.4, 0.5) is 0 Å². The van der Waals surface area contributed by atoms with E-state index < -0.39 is 0 Å². The Morgan fingerprint density at radius 1 is 1.08 bits per heavy atom. The van der Waals surface area contributed by atoms with Crippen molar-refractivity contribution in [2.24, 2.45) is 5.92 Å². The molecule has 0 aliphatic heterocycles. The summed E-state index contributed by atoms with van der Waals surface area (Å²) in [5.41, 5.74) is 3.10. The Bertz CT molecular complexity index is 775. The van der Waals surface area contributed by atoms with Gasteiger partial charge >= 0.3 is 0 Å². The lowest BCUT2D eigenvalue weighted by Gasteiger charge is -2.20. The molecule has 24 heavy (non-hydrogen) atoms. The zero-order chi connectivity index (χ0) is 16.9. The third-order valence-corrected chi connectivity index (χ3v) is 4.17. The molecule has 0 radical (unpaired) electrons. The normalized spacial score (nSPS) is 12.5. The fraction of sp³-hybridized carbons (Fsp3) is 0.300. The van der Waals surface area contributed by atoms with Crippen molar-refractivity contribution < 1.29 is 4.79 Å². The number of imidazole rings is 1. The largest absolute Gasteiger partial charge is 0.346 e. The van der Waals surface area contributed by atoms with Crippen molar-refractivity contribution in [1.82, 2.24) is 15.3 Å². The summed E-state index contributed by atoms with van der Waals surface area (Å²) in [5, 5.41) is 3.13. The molecule has 2 N–H and O–H groups in total. The first-order valence-corrected chi connectivity index (χ1v) is 8.41. The predicted octanol–water partition coefficient (Wildman–Crippen LogP) is 4.01. The topological polar surface area (TPSA) is 57.8 Å². The standard InChI is InChI=1S/C20H23N3O/c1-14(2)19(20-21-16-10-6-7-11-17(16)22-20)23-18(24)13-12-15-8-4-3-5-9-15/h3-11,14,19H,12-13H2,1-2H3,(H,21,22)(H,23,24). The van der Waals surface area contributed by atoms with Crippen LogP contribution >= 0.6 is 0 Å². The van der Waals surface area contributed by atoms with Gasteiger partial charge in [0.15, 0.2) is 0 Å². The van der Waals surface area contributed by atoms with Gasteiger partial charge in [-0.3, -0.25) is 4.79 Å². The van der Waals surface area contributed by atoms with Gasteiger partial charge in [0.2, 0.25) is 5.91 Å². The molecule has 0 bridgehead atoms. The summed E-state index contributed by atoms with van der Waals surface area (Å²) >= 11 is 0. The molecule has 4 heteroatoms. The Balaban J connectivity index is 1.68. The minimum Gasteiger partial charge on any atom is -0.346 e. The number of carbonyl (C=O) groups is 1. The summed E-state index contributed by atoms with van der Waals surface area (Å²) in [6.07, 6.45) is 1.23. The van der Waals surface area contributed by atoms with E-state index >= 15 is 0 Å². The smallest absolute Gasteiger partial charge is 0.220 e. The molecular weight excluding hydrogens is 298 g/mol. The average molecular weight is 321 g/mol. The van der Waals surface area contributed by atoms with E-state index in [2.05, 4.69) is 29.1 Å². The third-order valence-electron chi connectivity index (χ3n) is 4.17. The van der Waals surface area contributed by atoms with Gasteiger partial charge in [0.1, 0.15) is 5.82 Å². The Morgan fingerprint density at radius 3 is 2.50 bits per heavy atom. The number of carbonyl (C=O) groups excluding carboxylic acids is 1. The molecule has 0 aliphatic rings. The number of fused-ring (bicyclic) bond motifs is 1. The van der Waals surface area contributed by atoms with E-state index in [1.165, 1.54) is 5.56 Å². The van der Waals surface area contributed by atoms with Crippen LogP contribution in [0.3, 0.4) is 0 Å². The van der Waals surface area contributed by atoms with Crippen LogP contribution in [-0.4, -0.2) is 15.9 Å². The zero-order valence-electron chi connectivity index (χ0n) is 14.1. The molecule has 1 amide bonds. The molecule has 1 unspecified atom stereocenters. The van der Waals surface area contributed by atoms with Crippen molar-refractivity contribution >= 4 is 16.9 Å². The molecule has 0 saturated carbocycles. The van der Waals surface area contributed by atoms with Crippen molar-refractivity contribution in [3.63, 3.8) is 0 Å². The quantitative estimate of drug-likeness (QED) is 0.721. The Hall–Kier alpha value is -2.62. The van der Waals surface area contributed by atoms with Crippen LogP contribution in [0, 0.1) is 5.92 Å². The second-order valence-corrected chi connectivity index (χ2v) is 6.41. The molecule has 0 spiro atoms.